The highest BCUT2D eigenvalue weighted by atomic mass is 19.1. The number of hydrogen-bond acceptors (Lipinski definition) is 4. The second kappa shape index (κ2) is 8.66. The summed E-state index contributed by atoms with van der Waals surface area (Å²) in [7, 11) is 1.46. The highest BCUT2D eigenvalue weighted by Gasteiger charge is 2.20. The molecule has 22 heavy (non-hydrogen) atoms. The van der Waals surface area contributed by atoms with Crippen LogP contribution in [0.15, 0.2) is 30.9 Å². The molecule has 0 saturated carbocycles. The predicted octanol–water partition coefficient (Wildman–Crippen LogP) is 1.34. The molecule has 1 aromatic rings. The Kier molecular flexibility index (Phi) is 6.88. The number of carboxylic acids is 1. The van der Waals surface area contributed by atoms with E-state index < -0.39 is 31.2 Å². The van der Waals surface area contributed by atoms with E-state index in [-0.39, 0.29) is 0 Å². The quantitative estimate of drug-likeness (QED) is 0.672. The minimum absolute atomic E-state index is 0.331. The van der Waals surface area contributed by atoms with Crippen LogP contribution < -0.4 is 14.8 Å². The van der Waals surface area contributed by atoms with Crippen LogP contribution in [0.4, 0.5) is 4.39 Å². The maximum Gasteiger partial charge on any atom is 0.328 e. The second-order valence-corrected chi connectivity index (χ2v) is 4.38. The van der Waals surface area contributed by atoms with Crippen molar-refractivity contribution in [3.8, 4) is 11.5 Å². The van der Waals surface area contributed by atoms with Crippen LogP contribution in [0, 0.1) is 0 Å². The number of aliphatic carboxylic acids is 1. The van der Waals surface area contributed by atoms with Gasteiger partial charge in [-0.25, -0.2) is 9.18 Å². The van der Waals surface area contributed by atoms with E-state index in [0.29, 0.717) is 17.9 Å². The smallest absolute Gasteiger partial charge is 0.328 e. The number of halogens is 1. The Morgan fingerprint density at radius 2 is 2.18 bits per heavy atom. The molecular formula is C15H18FNO5. The second-order valence-electron chi connectivity index (χ2n) is 4.38. The Morgan fingerprint density at radius 1 is 1.45 bits per heavy atom. The van der Waals surface area contributed by atoms with Crippen LogP contribution in [-0.2, 0) is 16.0 Å². The van der Waals surface area contributed by atoms with Gasteiger partial charge >= 0.3 is 5.97 Å². The van der Waals surface area contributed by atoms with Gasteiger partial charge in [-0.15, -0.1) is 6.58 Å². The fourth-order valence-electron chi connectivity index (χ4n) is 1.67. The molecule has 2 N–H and O–H groups in total. The lowest BCUT2D eigenvalue weighted by atomic mass is 10.1. The summed E-state index contributed by atoms with van der Waals surface area (Å²) >= 11 is 0. The van der Waals surface area contributed by atoms with Gasteiger partial charge in [-0.1, -0.05) is 12.1 Å². The Hall–Kier alpha value is -2.57. The van der Waals surface area contributed by atoms with E-state index in [2.05, 4.69) is 6.58 Å². The number of benzene rings is 1. The summed E-state index contributed by atoms with van der Waals surface area (Å²) in [6.45, 7) is 2.00. The van der Waals surface area contributed by atoms with Crippen molar-refractivity contribution in [3.63, 3.8) is 0 Å². The zero-order chi connectivity index (χ0) is 16.5. The van der Waals surface area contributed by atoms with Crippen molar-refractivity contribution >= 4 is 11.9 Å². The molecule has 0 radical (unpaired) electrons. The molecule has 1 unspecified atom stereocenters. The van der Waals surface area contributed by atoms with Crippen molar-refractivity contribution in [1.29, 1.82) is 0 Å². The molecule has 0 fully saturated rings. The van der Waals surface area contributed by atoms with Crippen LogP contribution in [0.2, 0.25) is 0 Å². The van der Waals surface area contributed by atoms with Gasteiger partial charge in [0.05, 0.1) is 7.11 Å². The third-order valence-electron chi connectivity index (χ3n) is 2.75. The van der Waals surface area contributed by atoms with Gasteiger partial charge in [-0.05, 0) is 24.1 Å². The first-order valence-electron chi connectivity index (χ1n) is 6.50. The molecular weight excluding hydrogens is 293 g/mol. The van der Waals surface area contributed by atoms with Crippen molar-refractivity contribution in [1.82, 2.24) is 5.32 Å². The van der Waals surface area contributed by atoms with Gasteiger partial charge in [0.15, 0.2) is 24.1 Å². The van der Waals surface area contributed by atoms with E-state index >= 15 is 0 Å². The van der Waals surface area contributed by atoms with Crippen LogP contribution in [0.5, 0.6) is 11.5 Å². The lowest BCUT2D eigenvalue weighted by Gasteiger charge is -2.13. The normalized spacial score (nSPS) is 11.4. The molecule has 0 heterocycles. The number of methoxy groups -OCH3 is 1. The lowest BCUT2D eigenvalue weighted by Crippen LogP contribution is -2.44. The summed E-state index contributed by atoms with van der Waals surface area (Å²) in [5.74, 6) is -1.41. The molecule has 0 aliphatic rings. The van der Waals surface area contributed by atoms with E-state index in [1.165, 1.54) is 7.11 Å². The van der Waals surface area contributed by atoms with Gasteiger partial charge in [0.1, 0.15) is 6.67 Å². The molecule has 1 amide bonds. The van der Waals surface area contributed by atoms with Crippen molar-refractivity contribution < 1.29 is 28.6 Å². The molecule has 0 aromatic heterocycles. The zero-order valence-electron chi connectivity index (χ0n) is 12.2. The topological polar surface area (TPSA) is 84.9 Å². The molecule has 1 atom stereocenters. The van der Waals surface area contributed by atoms with Crippen LogP contribution in [0.25, 0.3) is 0 Å². The van der Waals surface area contributed by atoms with Crippen molar-refractivity contribution in [2.75, 3.05) is 20.4 Å². The molecule has 6 nitrogen and oxygen atoms in total. The standard InChI is InChI=1S/C15H18FNO5/c1-3-4-10-5-6-12(13(7-10)21-2)22-9-14(18)17-11(8-16)15(19)20/h3,5-7,11H,1,4,8-9H2,2H3,(H,17,18)(H,19,20). The Bertz CT molecular complexity index is 547. The molecule has 7 heteroatoms. The lowest BCUT2D eigenvalue weighted by molar-refractivity contribution is -0.142. The maximum atomic E-state index is 12.4. The summed E-state index contributed by atoms with van der Waals surface area (Å²) in [5.41, 5.74) is 0.965. The van der Waals surface area contributed by atoms with Crippen LogP contribution >= 0.6 is 0 Å². The molecule has 0 aliphatic carbocycles. The summed E-state index contributed by atoms with van der Waals surface area (Å²) in [6.07, 6.45) is 2.40. The highest BCUT2D eigenvalue weighted by molar-refractivity contribution is 5.84. The molecule has 1 rings (SSSR count). The number of ether oxygens (including phenoxy) is 2. The minimum atomic E-state index is -1.58. The van der Waals surface area contributed by atoms with E-state index in [4.69, 9.17) is 14.6 Å². The summed E-state index contributed by atoms with van der Waals surface area (Å²) in [5, 5.41) is 10.7. The fraction of sp³-hybridized carbons (Fsp3) is 0.333. The van der Waals surface area contributed by atoms with Crippen LogP contribution in [0.3, 0.4) is 0 Å². The first kappa shape index (κ1) is 17.5. The monoisotopic (exact) mass is 311 g/mol. The summed E-state index contributed by atoms with van der Waals surface area (Å²) in [4.78, 5) is 22.2. The number of nitrogens with one attached hydrogen (secondary N) is 1. The van der Waals surface area contributed by atoms with E-state index in [1.807, 2.05) is 5.32 Å². The first-order chi connectivity index (χ1) is 10.5. The van der Waals surface area contributed by atoms with Crippen LogP contribution in [-0.4, -0.2) is 43.4 Å². The van der Waals surface area contributed by atoms with Gasteiger partial charge < -0.3 is 19.9 Å². The summed E-state index contributed by atoms with van der Waals surface area (Å²) in [6, 6.07) is 3.60. The van der Waals surface area contributed by atoms with Crippen molar-refractivity contribution in [2.45, 2.75) is 12.5 Å². The Balaban J connectivity index is 2.65. The van der Waals surface area contributed by atoms with Gasteiger partial charge in [0.25, 0.3) is 5.91 Å². The SMILES string of the molecule is C=CCc1ccc(OCC(=O)NC(CF)C(=O)O)c(OC)c1. The molecule has 120 valence electrons. The summed E-state index contributed by atoms with van der Waals surface area (Å²) < 4.78 is 22.8. The molecule has 1 aromatic carbocycles. The maximum absolute atomic E-state index is 12.4. The number of amides is 1. The molecule has 0 bridgehead atoms. The number of carbonyl (C=O) groups excluding carboxylic acids is 1. The number of carbonyl (C=O) groups is 2. The van der Waals surface area contributed by atoms with Crippen molar-refractivity contribution in [2.24, 2.45) is 0 Å². The largest absolute Gasteiger partial charge is 0.493 e. The molecule has 0 aliphatic heterocycles. The Labute approximate surface area is 127 Å². The third kappa shape index (κ3) is 5.08. The number of alkyl halides is 1. The first-order valence-corrected chi connectivity index (χ1v) is 6.50. The number of allylic oxidation sites excluding steroid dienone is 1. The average Bonchev–Trinajstić information content (AvgIpc) is 2.51. The van der Waals surface area contributed by atoms with E-state index in [0.717, 1.165) is 5.56 Å². The number of carboxylic acid groups (broad SMARTS) is 1. The highest BCUT2D eigenvalue weighted by Crippen LogP contribution is 2.28. The van der Waals surface area contributed by atoms with Gasteiger partial charge in [0.2, 0.25) is 0 Å². The number of hydrogen-bond donors (Lipinski definition) is 2. The van der Waals surface area contributed by atoms with Gasteiger partial charge in [0, 0.05) is 0 Å². The molecule has 0 saturated heterocycles. The Morgan fingerprint density at radius 3 is 2.73 bits per heavy atom. The van der Waals surface area contributed by atoms with Gasteiger partial charge in [-0.2, -0.15) is 0 Å². The zero-order valence-corrected chi connectivity index (χ0v) is 12.2. The van der Waals surface area contributed by atoms with E-state index in [9.17, 15) is 14.0 Å². The van der Waals surface area contributed by atoms with Gasteiger partial charge in [-0.3, -0.25) is 4.79 Å². The molecule has 0 spiro atoms. The average molecular weight is 311 g/mol. The minimum Gasteiger partial charge on any atom is -0.493 e. The fourth-order valence-corrected chi connectivity index (χ4v) is 1.67. The third-order valence-corrected chi connectivity index (χ3v) is 2.75. The van der Waals surface area contributed by atoms with Crippen LogP contribution in [0.1, 0.15) is 5.56 Å². The number of rotatable bonds is 9. The predicted molar refractivity (Wildman–Crippen MR) is 77.9 cm³/mol. The van der Waals surface area contributed by atoms with Crippen molar-refractivity contribution in [3.05, 3.63) is 36.4 Å². The van der Waals surface area contributed by atoms with E-state index in [1.54, 1.807) is 24.3 Å².